The number of unbranched alkanes of at least 4 members (excludes halogenated alkanes) is 6. The minimum Gasteiger partial charge on any atom is -0.342 e. The standard InChI is InChI=1S/C17H33NO/c1-4-5-6-7-8-9-10-11-17(19)18-13-15(2)12-16(3)14-18/h15-16H,4-14H2,1-3H3. The molecule has 2 heteroatoms. The number of carbonyl (C=O) groups excluding carboxylic acids is 1. The Balaban J connectivity index is 2.07. The van der Waals surface area contributed by atoms with Crippen molar-refractivity contribution in [2.45, 2.75) is 78.6 Å². The minimum absolute atomic E-state index is 0.395. The van der Waals surface area contributed by atoms with Crippen LogP contribution in [0.5, 0.6) is 0 Å². The van der Waals surface area contributed by atoms with Crippen LogP contribution in [0.1, 0.15) is 78.6 Å². The van der Waals surface area contributed by atoms with Gasteiger partial charge in [-0.1, -0.05) is 59.3 Å². The first-order valence-electron chi connectivity index (χ1n) is 8.41. The molecule has 0 N–H and O–H groups in total. The first kappa shape index (κ1) is 16.5. The van der Waals surface area contributed by atoms with E-state index in [1.54, 1.807) is 0 Å². The van der Waals surface area contributed by atoms with Crippen LogP contribution in [0, 0.1) is 11.8 Å². The van der Waals surface area contributed by atoms with Gasteiger partial charge >= 0.3 is 0 Å². The minimum atomic E-state index is 0.395. The molecule has 0 radical (unpaired) electrons. The summed E-state index contributed by atoms with van der Waals surface area (Å²) < 4.78 is 0. The van der Waals surface area contributed by atoms with Gasteiger partial charge in [-0.2, -0.15) is 0 Å². The lowest BCUT2D eigenvalue weighted by Gasteiger charge is -2.35. The lowest BCUT2D eigenvalue weighted by Crippen LogP contribution is -2.42. The zero-order valence-electron chi connectivity index (χ0n) is 13.3. The van der Waals surface area contributed by atoms with Gasteiger partial charge in [0.25, 0.3) is 0 Å². The highest BCUT2D eigenvalue weighted by Crippen LogP contribution is 2.22. The van der Waals surface area contributed by atoms with Gasteiger partial charge in [-0.15, -0.1) is 0 Å². The Labute approximate surface area is 119 Å². The molecule has 1 heterocycles. The van der Waals surface area contributed by atoms with Gasteiger partial charge in [0.15, 0.2) is 0 Å². The maximum atomic E-state index is 12.2. The maximum Gasteiger partial charge on any atom is 0.222 e. The molecule has 112 valence electrons. The van der Waals surface area contributed by atoms with Crippen molar-refractivity contribution in [2.24, 2.45) is 11.8 Å². The highest BCUT2D eigenvalue weighted by Gasteiger charge is 2.24. The predicted molar refractivity (Wildman–Crippen MR) is 82.1 cm³/mol. The number of amides is 1. The van der Waals surface area contributed by atoms with E-state index in [1.165, 1.54) is 44.9 Å². The summed E-state index contributed by atoms with van der Waals surface area (Å²) in [5, 5.41) is 0. The molecule has 0 aromatic rings. The molecule has 1 aliphatic heterocycles. The van der Waals surface area contributed by atoms with E-state index in [2.05, 4.69) is 25.7 Å². The van der Waals surface area contributed by atoms with Crippen molar-refractivity contribution in [1.82, 2.24) is 4.90 Å². The van der Waals surface area contributed by atoms with Crippen LogP contribution in [0.3, 0.4) is 0 Å². The van der Waals surface area contributed by atoms with Crippen LogP contribution in [0.25, 0.3) is 0 Å². The van der Waals surface area contributed by atoms with Gasteiger partial charge in [0.2, 0.25) is 5.91 Å². The maximum absolute atomic E-state index is 12.2. The molecule has 0 spiro atoms. The molecule has 1 fully saturated rings. The fraction of sp³-hybridized carbons (Fsp3) is 0.941. The van der Waals surface area contributed by atoms with E-state index in [0.29, 0.717) is 17.7 Å². The SMILES string of the molecule is CCCCCCCCCC(=O)N1CC(C)CC(C)C1. The normalized spacial score (nSPS) is 23.6. The van der Waals surface area contributed by atoms with Crippen LogP contribution in [0.2, 0.25) is 0 Å². The number of nitrogens with zero attached hydrogens (tertiary/aromatic N) is 1. The molecule has 19 heavy (non-hydrogen) atoms. The van der Waals surface area contributed by atoms with Gasteiger partial charge in [0, 0.05) is 19.5 Å². The van der Waals surface area contributed by atoms with Crippen LogP contribution in [0.15, 0.2) is 0 Å². The third-order valence-electron chi connectivity index (χ3n) is 4.22. The second kappa shape index (κ2) is 9.39. The first-order valence-corrected chi connectivity index (χ1v) is 8.41. The molecule has 1 saturated heterocycles. The third kappa shape index (κ3) is 6.98. The topological polar surface area (TPSA) is 20.3 Å². The van der Waals surface area contributed by atoms with Crippen molar-refractivity contribution in [3.8, 4) is 0 Å². The molecule has 1 amide bonds. The van der Waals surface area contributed by atoms with Gasteiger partial charge in [-0.3, -0.25) is 4.79 Å². The number of hydrogen-bond donors (Lipinski definition) is 0. The monoisotopic (exact) mass is 267 g/mol. The Kier molecular flexibility index (Phi) is 8.16. The van der Waals surface area contributed by atoms with Crippen LogP contribution in [0.4, 0.5) is 0 Å². The fourth-order valence-electron chi connectivity index (χ4n) is 3.26. The number of carbonyl (C=O) groups is 1. The average molecular weight is 267 g/mol. The molecule has 1 rings (SSSR count). The van der Waals surface area contributed by atoms with E-state index >= 15 is 0 Å². The summed E-state index contributed by atoms with van der Waals surface area (Å²) in [4.78, 5) is 14.3. The van der Waals surface area contributed by atoms with Gasteiger partial charge in [0.05, 0.1) is 0 Å². The lowest BCUT2D eigenvalue weighted by atomic mass is 9.91. The van der Waals surface area contributed by atoms with Gasteiger partial charge in [-0.05, 0) is 24.7 Å². The molecule has 2 unspecified atom stereocenters. The summed E-state index contributed by atoms with van der Waals surface area (Å²) in [5.41, 5.74) is 0. The molecular weight excluding hydrogens is 234 g/mol. The molecule has 0 aliphatic carbocycles. The number of piperidine rings is 1. The second-order valence-corrected chi connectivity index (χ2v) is 6.62. The number of likely N-dealkylation sites (tertiary alicyclic amines) is 1. The van der Waals surface area contributed by atoms with Crippen molar-refractivity contribution in [1.29, 1.82) is 0 Å². The Morgan fingerprint density at radius 2 is 1.47 bits per heavy atom. The van der Waals surface area contributed by atoms with Crippen LogP contribution in [-0.2, 0) is 4.79 Å². The van der Waals surface area contributed by atoms with Crippen molar-refractivity contribution in [3.05, 3.63) is 0 Å². The van der Waals surface area contributed by atoms with Crippen LogP contribution >= 0.6 is 0 Å². The molecule has 0 saturated carbocycles. The zero-order valence-corrected chi connectivity index (χ0v) is 13.3. The van der Waals surface area contributed by atoms with Crippen molar-refractivity contribution < 1.29 is 4.79 Å². The molecule has 0 bridgehead atoms. The molecule has 2 atom stereocenters. The third-order valence-corrected chi connectivity index (χ3v) is 4.22. The smallest absolute Gasteiger partial charge is 0.222 e. The first-order chi connectivity index (χ1) is 9.13. The summed E-state index contributed by atoms with van der Waals surface area (Å²) in [5.74, 6) is 1.76. The second-order valence-electron chi connectivity index (χ2n) is 6.62. The fourth-order valence-corrected chi connectivity index (χ4v) is 3.26. The molecular formula is C17H33NO. The van der Waals surface area contributed by atoms with Gasteiger partial charge in [0.1, 0.15) is 0 Å². The molecule has 0 aromatic heterocycles. The van der Waals surface area contributed by atoms with E-state index < -0.39 is 0 Å². The van der Waals surface area contributed by atoms with Gasteiger partial charge in [-0.25, -0.2) is 0 Å². The van der Waals surface area contributed by atoms with E-state index in [9.17, 15) is 4.79 Å². The van der Waals surface area contributed by atoms with E-state index in [0.717, 1.165) is 25.9 Å². The highest BCUT2D eigenvalue weighted by molar-refractivity contribution is 5.76. The summed E-state index contributed by atoms with van der Waals surface area (Å²) in [7, 11) is 0. The Morgan fingerprint density at radius 3 is 2.05 bits per heavy atom. The summed E-state index contributed by atoms with van der Waals surface area (Å²) >= 11 is 0. The number of hydrogen-bond acceptors (Lipinski definition) is 1. The summed E-state index contributed by atoms with van der Waals surface area (Å²) in [6.07, 6.45) is 11.1. The van der Waals surface area contributed by atoms with E-state index in [1.807, 2.05) is 0 Å². The van der Waals surface area contributed by atoms with Crippen molar-refractivity contribution in [3.63, 3.8) is 0 Å². The summed E-state index contributed by atoms with van der Waals surface area (Å²) in [6.45, 7) is 8.76. The molecule has 0 aromatic carbocycles. The van der Waals surface area contributed by atoms with Crippen molar-refractivity contribution >= 4 is 5.91 Å². The predicted octanol–water partition coefficient (Wildman–Crippen LogP) is 4.63. The average Bonchev–Trinajstić information content (AvgIpc) is 2.36. The lowest BCUT2D eigenvalue weighted by molar-refractivity contribution is -0.134. The van der Waals surface area contributed by atoms with Crippen LogP contribution < -0.4 is 0 Å². The van der Waals surface area contributed by atoms with Gasteiger partial charge < -0.3 is 4.90 Å². The highest BCUT2D eigenvalue weighted by atomic mass is 16.2. The van der Waals surface area contributed by atoms with E-state index in [4.69, 9.17) is 0 Å². The zero-order chi connectivity index (χ0) is 14.1. The molecule has 1 aliphatic rings. The Hall–Kier alpha value is -0.530. The quantitative estimate of drug-likeness (QED) is 0.587. The van der Waals surface area contributed by atoms with Crippen LogP contribution in [-0.4, -0.2) is 23.9 Å². The Morgan fingerprint density at radius 1 is 0.947 bits per heavy atom. The van der Waals surface area contributed by atoms with Crippen molar-refractivity contribution in [2.75, 3.05) is 13.1 Å². The molecule has 2 nitrogen and oxygen atoms in total. The Bertz CT molecular complexity index is 242. The largest absolute Gasteiger partial charge is 0.342 e. The summed E-state index contributed by atoms with van der Waals surface area (Å²) in [6, 6.07) is 0. The number of rotatable bonds is 8. The van der Waals surface area contributed by atoms with E-state index in [-0.39, 0.29) is 0 Å².